The normalized spacial score (nSPS) is 18.5. The van der Waals surface area contributed by atoms with Crippen LogP contribution in [0.4, 0.5) is 0 Å². The van der Waals surface area contributed by atoms with Crippen molar-refractivity contribution in [2.24, 2.45) is 5.92 Å². The van der Waals surface area contributed by atoms with Gasteiger partial charge in [-0.05, 0) is 43.2 Å². The highest BCUT2D eigenvalue weighted by Crippen LogP contribution is 2.39. The van der Waals surface area contributed by atoms with Gasteiger partial charge >= 0.3 is 0 Å². The van der Waals surface area contributed by atoms with Crippen molar-refractivity contribution in [1.29, 1.82) is 0 Å². The van der Waals surface area contributed by atoms with Crippen LogP contribution < -0.4 is 5.30 Å². The van der Waals surface area contributed by atoms with E-state index in [9.17, 15) is 0 Å². The first kappa shape index (κ1) is 8.97. The third kappa shape index (κ3) is 1.69. The average Bonchev–Trinajstić information content (AvgIpc) is 2.59. The molecule has 1 atom stereocenters. The fourth-order valence-corrected chi connectivity index (χ4v) is 2.82. The minimum atomic E-state index is 0.731. The second-order valence-corrected chi connectivity index (χ2v) is 4.77. The van der Waals surface area contributed by atoms with Gasteiger partial charge < -0.3 is 0 Å². The SMILES string of the molecule is CCC(C)C1=Cc2ccccc2[P]1. The lowest BCUT2D eigenvalue weighted by Gasteiger charge is -2.07. The van der Waals surface area contributed by atoms with E-state index in [0.29, 0.717) is 0 Å². The van der Waals surface area contributed by atoms with Crippen LogP contribution in [0.3, 0.4) is 0 Å². The molecule has 13 heavy (non-hydrogen) atoms. The van der Waals surface area contributed by atoms with E-state index < -0.39 is 0 Å². The topological polar surface area (TPSA) is 0 Å². The number of allylic oxidation sites excluding steroid dienone is 1. The lowest BCUT2D eigenvalue weighted by molar-refractivity contribution is 0.691. The smallest absolute Gasteiger partial charge is 0.00768 e. The van der Waals surface area contributed by atoms with Crippen molar-refractivity contribution < 1.29 is 0 Å². The minimum absolute atomic E-state index is 0.731. The summed E-state index contributed by atoms with van der Waals surface area (Å²) in [7, 11) is 1.42. The van der Waals surface area contributed by atoms with Gasteiger partial charge in [0.25, 0.3) is 0 Å². The van der Waals surface area contributed by atoms with Crippen LogP contribution in [-0.2, 0) is 0 Å². The van der Waals surface area contributed by atoms with Gasteiger partial charge in [-0.25, -0.2) is 0 Å². The molecule has 0 aromatic heterocycles. The fourth-order valence-electron chi connectivity index (χ4n) is 1.50. The van der Waals surface area contributed by atoms with Gasteiger partial charge in [0.05, 0.1) is 0 Å². The second kappa shape index (κ2) is 3.64. The maximum Gasteiger partial charge on any atom is -0.00768 e. The molecule has 1 unspecified atom stereocenters. The molecule has 1 aromatic carbocycles. The van der Waals surface area contributed by atoms with E-state index in [1.807, 2.05) is 0 Å². The molecule has 0 saturated heterocycles. The molecule has 0 spiro atoms. The summed E-state index contributed by atoms with van der Waals surface area (Å²) in [5.74, 6) is 0.731. The van der Waals surface area contributed by atoms with Gasteiger partial charge in [-0.3, -0.25) is 0 Å². The number of hydrogen-bond donors (Lipinski definition) is 0. The van der Waals surface area contributed by atoms with E-state index >= 15 is 0 Å². The Morgan fingerprint density at radius 3 is 2.77 bits per heavy atom. The molecular formula is C12H14P. The second-order valence-electron chi connectivity index (χ2n) is 3.55. The Morgan fingerprint density at radius 2 is 2.08 bits per heavy atom. The Balaban J connectivity index is 2.26. The molecule has 2 rings (SSSR count). The first-order valence-corrected chi connectivity index (χ1v) is 5.73. The third-order valence-electron chi connectivity index (χ3n) is 2.61. The van der Waals surface area contributed by atoms with Gasteiger partial charge in [-0.15, -0.1) is 0 Å². The zero-order chi connectivity index (χ0) is 9.26. The van der Waals surface area contributed by atoms with Crippen LogP contribution in [0.25, 0.3) is 6.08 Å². The van der Waals surface area contributed by atoms with Crippen molar-refractivity contribution in [3.8, 4) is 0 Å². The monoisotopic (exact) mass is 189 g/mol. The van der Waals surface area contributed by atoms with Crippen molar-refractivity contribution in [3.05, 3.63) is 35.1 Å². The Kier molecular flexibility index (Phi) is 2.51. The fraction of sp³-hybridized carbons (Fsp3) is 0.333. The van der Waals surface area contributed by atoms with Crippen LogP contribution in [0.2, 0.25) is 0 Å². The van der Waals surface area contributed by atoms with E-state index in [4.69, 9.17) is 0 Å². The molecule has 0 nitrogen and oxygen atoms in total. The zero-order valence-corrected chi connectivity index (χ0v) is 9.01. The zero-order valence-electron chi connectivity index (χ0n) is 8.12. The predicted molar refractivity (Wildman–Crippen MR) is 60.4 cm³/mol. The number of benzene rings is 1. The van der Waals surface area contributed by atoms with E-state index in [-0.39, 0.29) is 0 Å². The highest BCUT2D eigenvalue weighted by Gasteiger charge is 2.16. The Bertz CT molecular complexity index is 339. The number of fused-ring (bicyclic) bond motifs is 1. The van der Waals surface area contributed by atoms with Gasteiger partial charge in [0.1, 0.15) is 0 Å². The molecular weight excluding hydrogens is 175 g/mol. The largest absolute Gasteiger partial charge is 0.0648 e. The highest BCUT2D eigenvalue weighted by atomic mass is 31.1. The Labute approximate surface area is 81.8 Å². The molecule has 1 heterocycles. The summed E-state index contributed by atoms with van der Waals surface area (Å²) in [5.41, 5.74) is 1.42. The molecule has 0 aliphatic carbocycles. The van der Waals surface area contributed by atoms with Gasteiger partial charge in [0.2, 0.25) is 0 Å². The van der Waals surface area contributed by atoms with Crippen LogP contribution in [-0.4, -0.2) is 0 Å². The van der Waals surface area contributed by atoms with Gasteiger partial charge in [-0.2, -0.15) is 0 Å². The lowest BCUT2D eigenvalue weighted by Crippen LogP contribution is -1.94. The van der Waals surface area contributed by atoms with Gasteiger partial charge in [-0.1, -0.05) is 38.1 Å². The highest BCUT2D eigenvalue weighted by molar-refractivity contribution is 7.53. The van der Waals surface area contributed by atoms with Crippen molar-refractivity contribution in [2.45, 2.75) is 20.3 Å². The first-order chi connectivity index (χ1) is 6.31. The third-order valence-corrected chi connectivity index (χ3v) is 4.08. The summed E-state index contributed by atoms with van der Waals surface area (Å²) in [5, 5.41) is 3.04. The molecule has 0 amide bonds. The molecule has 1 heteroatoms. The molecule has 0 bridgehead atoms. The molecule has 1 aromatic rings. The molecule has 1 aliphatic heterocycles. The molecule has 67 valence electrons. The van der Waals surface area contributed by atoms with Crippen LogP contribution in [0.5, 0.6) is 0 Å². The maximum absolute atomic E-state index is 2.35. The summed E-state index contributed by atoms with van der Waals surface area (Å²) in [6.45, 7) is 4.56. The van der Waals surface area contributed by atoms with Gasteiger partial charge in [0.15, 0.2) is 0 Å². The molecule has 1 aliphatic rings. The number of rotatable bonds is 2. The van der Waals surface area contributed by atoms with Crippen molar-refractivity contribution in [3.63, 3.8) is 0 Å². The van der Waals surface area contributed by atoms with Crippen molar-refractivity contribution in [1.82, 2.24) is 0 Å². The molecule has 0 fully saturated rings. The van der Waals surface area contributed by atoms with Crippen molar-refractivity contribution in [2.75, 3.05) is 0 Å². The van der Waals surface area contributed by atoms with E-state index in [1.54, 1.807) is 5.31 Å². The van der Waals surface area contributed by atoms with E-state index in [1.165, 1.54) is 25.9 Å². The summed E-state index contributed by atoms with van der Waals surface area (Å²) >= 11 is 0. The molecule has 1 radical (unpaired) electrons. The Morgan fingerprint density at radius 1 is 1.31 bits per heavy atom. The summed E-state index contributed by atoms with van der Waals surface area (Å²) < 4.78 is 0. The average molecular weight is 189 g/mol. The standard InChI is InChI=1S/C12H14P/c1-3-9(2)12-8-10-6-4-5-7-11(10)13-12/h4-9H,3H2,1-2H3. The first-order valence-electron chi connectivity index (χ1n) is 4.83. The van der Waals surface area contributed by atoms with Crippen LogP contribution in [0.15, 0.2) is 29.6 Å². The van der Waals surface area contributed by atoms with Crippen LogP contribution in [0, 0.1) is 5.92 Å². The van der Waals surface area contributed by atoms with Crippen LogP contribution in [0.1, 0.15) is 25.8 Å². The lowest BCUT2D eigenvalue weighted by atomic mass is 10.1. The van der Waals surface area contributed by atoms with E-state index in [2.05, 4.69) is 44.2 Å². The maximum atomic E-state index is 2.35. The molecule has 0 N–H and O–H groups in total. The Hall–Kier alpha value is -0.610. The van der Waals surface area contributed by atoms with Gasteiger partial charge in [0, 0.05) is 0 Å². The quantitative estimate of drug-likeness (QED) is 0.623. The predicted octanol–water partition coefficient (Wildman–Crippen LogP) is 3.66. The van der Waals surface area contributed by atoms with E-state index in [0.717, 1.165) is 5.92 Å². The summed E-state index contributed by atoms with van der Waals surface area (Å²) in [4.78, 5) is 0. The minimum Gasteiger partial charge on any atom is -0.0648 e. The number of hydrogen-bond acceptors (Lipinski definition) is 0. The van der Waals surface area contributed by atoms with Crippen LogP contribution >= 0.6 is 8.58 Å². The molecule has 0 saturated carbocycles. The summed E-state index contributed by atoms with van der Waals surface area (Å²) in [6, 6.07) is 8.67. The summed E-state index contributed by atoms with van der Waals surface area (Å²) in [6.07, 6.45) is 3.60. The van der Waals surface area contributed by atoms with Crippen molar-refractivity contribution >= 4 is 20.0 Å².